The summed E-state index contributed by atoms with van der Waals surface area (Å²) in [5.74, 6) is 1.52. The molecule has 2 N–H and O–H groups in total. The number of rotatable bonds is 7. The molecule has 0 unspecified atom stereocenters. The molecule has 3 aliphatic heterocycles. The molecule has 0 radical (unpaired) electrons. The van der Waals surface area contributed by atoms with Crippen LogP contribution in [0.4, 0.5) is 0 Å². The van der Waals surface area contributed by atoms with E-state index in [4.69, 9.17) is 18.9 Å². The van der Waals surface area contributed by atoms with E-state index in [-0.39, 0.29) is 18.9 Å². The molecule has 10 heteroatoms. The summed E-state index contributed by atoms with van der Waals surface area (Å²) in [6, 6.07) is 5.67. The summed E-state index contributed by atoms with van der Waals surface area (Å²) in [5.41, 5.74) is 1.99. The standard InChI is InChI=1S/C20H27N5O5/c26-16-12-28-19(11-25-10-15(22-23-25)9-24-3-5-27-6-4-24)20(16)21-8-14-1-2-17-18(7-14)30-13-29-17/h1-2,7,10,16,19-21,26H,3-6,8-9,11-13H2/t16-,19+,20+/m0/s1. The number of aromatic nitrogens is 3. The summed E-state index contributed by atoms with van der Waals surface area (Å²) in [7, 11) is 0. The largest absolute Gasteiger partial charge is 0.454 e. The van der Waals surface area contributed by atoms with Gasteiger partial charge in [-0.3, -0.25) is 4.90 Å². The minimum absolute atomic E-state index is 0.188. The van der Waals surface area contributed by atoms with E-state index in [0.29, 0.717) is 19.7 Å². The molecule has 0 spiro atoms. The summed E-state index contributed by atoms with van der Waals surface area (Å²) >= 11 is 0. The Hall–Kier alpha value is -2.24. The fourth-order valence-corrected chi connectivity index (χ4v) is 4.07. The third kappa shape index (κ3) is 4.42. The quantitative estimate of drug-likeness (QED) is 0.632. The lowest BCUT2D eigenvalue weighted by atomic mass is 10.1. The monoisotopic (exact) mass is 417 g/mol. The van der Waals surface area contributed by atoms with Gasteiger partial charge < -0.3 is 29.4 Å². The molecule has 3 aliphatic rings. The number of nitrogens with zero attached hydrogens (tertiary/aromatic N) is 4. The molecule has 3 atom stereocenters. The molecule has 5 rings (SSSR count). The van der Waals surface area contributed by atoms with E-state index in [1.807, 2.05) is 24.4 Å². The van der Waals surface area contributed by atoms with E-state index < -0.39 is 6.10 Å². The molecule has 10 nitrogen and oxygen atoms in total. The highest BCUT2D eigenvalue weighted by atomic mass is 16.7. The number of morpholine rings is 1. The maximum absolute atomic E-state index is 10.4. The highest BCUT2D eigenvalue weighted by Crippen LogP contribution is 2.32. The summed E-state index contributed by atoms with van der Waals surface area (Å²) in [6.45, 7) is 5.81. The maximum Gasteiger partial charge on any atom is 0.231 e. The van der Waals surface area contributed by atoms with Crippen LogP contribution in [0.2, 0.25) is 0 Å². The number of aliphatic hydroxyl groups is 1. The summed E-state index contributed by atoms with van der Waals surface area (Å²) in [6.07, 6.45) is 1.20. The lowest BCUT2D eigenvalue weighted by molar-refractivity contribution is 0.0336. The Labute approximate surface area is 174 Å². The Morgan fingerprint density at radius 1 is 1.17 bits per heavy atom. The van der Waals surface area contributed by atoms with Gasteiger partial charge in [-0.1, -0.05) is 11.3 Å². The van der Waals surface area contributed by atoms with Crippen LogP contribution < -0.4 is 14.8 Å². The Bertz CT molecular complexity index is 856. The number of benzene rings is 1. The first kappa shape index (κ1) is 19.7. The van der Waals surface area contributed by atoms with Crippen LogP contribution in [0.1, 0.15) is 11.3 Å². The number of ether oxygens (including phenoxy) is 4. The zero-order chi connectivity index (χ0) is 20.3. The van der Waals surface area contributed by atoms with E-state index >= 15 is 0 Å². The molecule has 0 bridgehead atoms. The predicted molar refractivity (Wildman–Crippen MR) is 105 cm³/mol. The van der Waals surface area contributed by atoms with Crippen molar-refractivity contribution < 1.29 is 24.1 Å². The molecule has 1 aromatic heterocycles. The molecule has 0 aliphatic carbocycles. The van der Waals surface area contributed by atoms with Gasteiger partial charge in [0.25, 0.3) is 0 Å². The van der Waals surface area contributed by atoms with Gasteiger partial charge in [-0.15, -0.1) is 5.10 Å². The first-order valence-electron chi connectivity index (χ1n) is 10.4. The van der Waals surface area contributed by atoms with Crippen LogP contribution in [0.3, 0.4) is 0 Å². The van der Waals surface area contributed by atoms with Gasteiger partial charge in [0.2, 0.25) is 6.79 Å². The van der Waals surface area contributed by atoms with Gasteiger partial charge in [0.15, 0.2) is 11.5 Å². The number of nitrogens with one attached hydrogen (secondary N) is 1. The SMILES string of the molecule is O[C@H]1CO[C@H](Cn2cc(CN3CCOCC3)nn2)[C@@H]1NCc1ccc2c(c1)OCO2. The average Bonchev–Trinajstić information content (AvgIpc) is 3.48. The third-order valence-electron chi connectivity index (χ3n) is 5.72. The third-order valence-corrected chi connectivity index (χ3v) is 5.72. The van der Waals surface area contributed by atoms with Crippen LogP contribution in [0.5, 0.6) is 11.5 Å². The van der Waals surface area contributed by atoms with Crippen molar-refractivity contribution >= 4 is 0 Å². The van der Waals surface area contributed by atoms with E-state index in [1.165, 1.54) is 0 Å². The number of hydrogen-bond acceptors (Lipinski definition) is 9. The average molecular weight is 417 g/mol. The van der Waals surface area contributed by atoms with Crippen LogP contribution in [0.15, 0.2) is 24.4 Å². The molecule has 30 heavy (non-hydrogen) atoms. The minimum atomic E-state index is -0.569. The second kappa shape index (κ2) is 8.86. The topological polar surface area (TPSA) is 103 Å². The Kier molecular flexibility index (Phi) is 5.82. The van der Waals surface area contributed by atoms with Crippen molar-refractivity contribution in [1.82, 2.24) is 25.2 Å². The van der Waals surface area contributed by atoms with Gasteiger partial charge in [-0.05, 0) is 17.7 Å². The lowest BCUT2D eigenvalue weighted by Gasteiger charge is -2.25. The lowest BCUT2D eigenvalue weighted by Crippen LogP contribution is -2.45. The van der Waals surface area contributed by atoms with Crippen molar-refractivity contribution in [3.8, 4) is 11.5 Å². The Morgan fingerprint density at radius 3 is 2.93 bits per heavy atom. The highest BCUT2D eigenvalue weighted by Gasteiger charge is 2.36. The van der Waals surface area contributed by atoms with Crippen molar-refractivity contribution in [1.29, 1.82) is 0 Å². The van der Waals surface area contributed by atoms with Crippen molar-refractivity contribution in [2.75, 3.05) is 39.7 Å². The number of fused-ring (bicyclic) bond motifs is 1. The zero-order valence-corrected chi connectivity index (χ0v) is 16.8. The van der Waals surface area contributed by atoms with Crippen molar-refractivity contribution in [3.05, 3.63) is 35.7 Å². The molecular formula is C20H27N5O5. The molecule has 0 amide bonds. The van der Waals surface area contributed by atoms with Crippen LogP contribution in [0.25, 0.3) is 0 Å². The van der Waals surface area contributed by atoms with Gasteiger partial charge in [-0.2, -0.15) is 0 Å². The van der Waals surface area contributed by atoms with E-state index in [0.717, 1.165) is 55.6 Å². The second-order valence-corrected chi connectivity index (χ2v) is 7.85. The van der Waals surface area contributed by atoms with E-state index in [2.05, 4.69) is 20.5 Å². The minimum Gasteiger partial charge on any atom is -0.454 e. The van der Waals surface area contributed by atoms with Gasteiger partial charge in [0, 0.05) is 32.4 Å². The first-order chi connectivity index (χ1) is 14.7. The molecule has 1 aromatic carbocycles. The smallest absolute Gasteiger partial charge is 0.231 e. The highest BCUT2D eigenvalue weighted by molar-refractivity contribution is 5.44. The Morgan fingerprint density at radius 2 is 2.03 bits per heavy atom. The molecule has 2 fully saturated rings. The fourth-order valence-electron chi connectivity index (χ4n) is 4.07. The Balaban J connectivity index is 1.17. The number of hydrogen-bond donors (Lipinski definition) is 2. The molecule has 4 heterocycles. The van der Waals surface area contributed by atoms with E-state index in [1.54, 1.807) is 4.68 Å². The summed E-state index contributed by atoms with van der Waals surface area (Å²) < 4.78 is 23.8. The molecule has 162 valence electrons. The fraction of sp³-hybridized carbons (Fsp3) is 0.600. The molecule has 2 saturated heterocycles. The van der Waals surface area contributed by atoms with Crippen LogP contribution in [0, 0.1) is 0 Å². The first-order valence-corrected chi connectivity index (χ1v) is 10.4. The summed E-state index contributed by atoms with van der Waals surface area (Å²) in [5, 5.41) is 22.4. The van der Waals surface area contributed by atoms with Gasteiger partial charge >= 0.3 is 0 Å². The molecule has 2 aromatic rings. The van der Waals surface area contributed by atoms with Gasteiger partial charge in [-0.25, -0.2) is 4.68 Å². The molecule has 0 saturated carbocycles. The van der Waals surface area contributed by atoms with Crippen molar-refractivity contribution in [2.24, 2.45) is 0 Å². The van der Waals surface area contributed by atoms with Crippen LogP contribution in [-0.2, 0) is 29.1 Å². The zero-order valence-electron chi connectivity index (χ0n) is 16.8. The maximum atomic E-state index is 10.4. The molecular weight excluding hydrogens is 390 g/mol. The van der Waals surface area contributed by atoms with Crippen LogP contribution >= 0.6 is 0 Å². The van der Waals surface area contributed by atoms with Gasteiger partial charge in [0.05, 0.1) is 50.3 Å². The summed E-state index contributed by atoms with van der Waals surface area (Å²) in [4.78, 5) is 2.31. The predicted octanol–water partition coefficient (Wildman–Crippen LogP) is -0.243. The van der Waals surface area contributed by atoms with Crippen molar-refractivity contribution in [3.63, 3.8) is 0 Å². The second-order valence-electron chi connectivity index (χ2n) is 7.85. The number of aliphatic hydroxyl groups excluding tert-OH is 1. The van der Waals surface area contributed by atoms with Crippen LogP contribution in [-0.4, -0.2) is 83.0 Å². The normalized spacial score (nSPS) is 26.4. The van der Waals surface area contributed by atoms with E-state index in [9.17, 15) is 5.11 Å². The van der Waals surface area contributed by atoms with Gasteiger partial charge in [0.1, 0.15) is 0 Å². The van der Waals surface area contributed by atoms with Crippen molar-refractivity contribution in [2.45, 2.75) is 37.9 Å².